The predicted octanol–water partition coefficient (Wildman–Crippen LogP) is -0.762. The molecule has 0 aromatic carbocycles. The van der Waals surface area contributed by atoms with Crippen LogP contribution in [-0.4, -0.2) is 127 Å². The molecule has 0 aromatic heterocycles. The zero-order valence-corrected chi connectivity index (χ0v) is 26.0. The average Bonchev–Trinajstić information content (AvgIpc) is 3.20. The highest BCUT2D eigenvalue weighted by Crippen LogP contribution is 2.73. The summed E-state index contributed by atoms with van der Waals surface area (Å²) in [7, 11) is 0. The summed E-state index contributed by atoms with van der Waals surface area (Å²) < 4.78 is 23.4. The van der Waals surface area contributed by atoms with Crippen molar-refractivity contribution < 1.29 is 64.6 Å². The van der Waals surface area contributed by atoms with Crippen molar-refractivity contribution in [2.45, 2.75) is 139 Å². The maximum atomic E-state index is 13.9. The van der Waals surface area contributed by atoms with Crippen LogP contribution in [0.15, 0.2) is 12.2 Å². The lowest BCUT2D eigenvalue weighted by molar-refractivity contribution is -0.327. The zero-order valence-electron chi connectivity index (χ0n) is 26.0. The van der Waals surface area contributed by atoms with Gasteiger partial charge in [0.15, 0.2) is 6.29 Å². The fourth-order valence-electron chi connectivity index (χ4n) is 10.5. The van der Waals surface area contributed by atoms with Crippen LogP contribution in [0.1, 0.15) is 71.6 Å². The molecule has 6 fully saturated rings. The quantitative estimate of drug-likeness (QED) is 0.102. The van der Waals surface area contributed by atoms with Crippen LogP contribution in [0.4, 0.5) is 0 Å². The summed E-state index contributed by atoms with van der Waals surface area (Å²) in [6.45, 7) is 7.41. The van der Waals surface area contributed by atoms with E-state index in [1.54, 1.807) is 0 Å². The minimum atomic E-state index is -1.67. The molecule has 0 amide bonds. The number of carbonyl (C=O) groups is 1. The van der Waals surface area contributed by atoms with Crippen molar-refractivity contribution >= 4 is 5.97 Å². The molecular formula is C32H50O13. The molecule has 0 radical (unpaired) electrons. The summed E-state index contributed by atoms with van der Waals surface area (Å²) in [6.07, 6.45) is -7.82. The van der Waals surface area contributed by atoms with Gasteiger partial charge in [-0.25, -0.2) is 0 Å². The molecule has 4 aliphatic carbocycles. The summed E-state index contributed by atoms with van der Waals surface area (Å²) >= 11 is 0. The summed E-state index contributed by atoms with van der Waals surface area (Å²) in [5.74, 6) is -0.348. The van der Waals surface area contributed by atoms with E-state index in [9.17, 15) is 45.6 Å². The second kappa shape index (κ2) is 11.7. The monoisotopic (exact) mass is 642 g/mol. The SMILES string of the molecule is C=C1C[C@@]23CC[C@@H]4[C@@](C)(CCC[C@@]4(C)C(=O)O[C@@H]4O[C@H](CO)[C@@H](O)[C@H](O)[C@H]4O)[C@H]2CC[C@]1(O[C@@H]1O[C@H](CO)[C@@H](O)[C@H](O)[C@H]1O)C3. The van der Waals surface area contributed by atoms with E-state index >= 15 is 0 Å². The van der Waals surface area contributed by atoms with Gasteiger partial charge in [-0.3, -0.25) is 4.79 Å². The van der Waals surface area contributed by atoms with E-state index in [0.717, 1.165) is 37.7 Å². The van der Waals surface area contributed by atoms with Gasteiger partial charge in [0, 0.05) is 0 Å². The van der Waals surface area contributed by atoms with Crippen LogP contribution in [0.25, 0.3) is 0 Å². The maximum Gasteiger partial charge on any atom is 0.314 e. The summed E-state index contributed by atoms with van der Waals surface area (Å²) in [4.78, 5) is 13.9. The third kappa shape index (κ3) is 5.04. The number of esters is 1. The molecule has 2 saturated heterocycles. The van der Waals surface area contributed by atoms with Gasteiger partial charge in [0.2, 0.25) is 6.29 Å². The molecule has 13 nitrogen and oxygen atoms in total. The lowest BCUT2D eigenvalue weighted by atomic mass is 9.41. The second-order valence-electron chi connectivity index (χ2n) is 15.2. The minimum Gasteiger partial charge on any atom is -0.432 e. The van der Waals surface area contributed by atoms with Gasteiger partial charge in [-0.15, -0.1) is 0 Å². The smallest absolute Gasteiger partial charge is 0.314 e. The van der Waals surface area contributed by atoms with E-state index in [-0.39, 0.29) is 22.7 Å². The number of hydrogen-bond acceptors (Lipinski definition) is 13. The molecule has 0 aromatic rings. The van der Waals surface area contributed by atoms with Crippen LogP contribution in [0.3, 0.4) is 0 Å². The van der Waals surface area contributed by atoms with Gasteiger partial charge in [-0.05, 0) is 86.5 Å². The Morgan fingerprint density at radius 3 is 2.00 bits per heavy atom. The molecule has 4 saturated carbocycles. The first-order valence-corrected chi connectivity index (χ1v) is 16.3. The average molecular weight is 643 g/mol. The summed E-state index contributed by atoms with van der Waals surface area (Å²) in [5.41, 5.74) is -1.20. The molecule has 8 N–H and O–H groups in total. The number of aliphatic hydroxyl groups is 8. The highest BCUT2D eigenvalue weighted by molar-refractivity contribution is 5.77. The normalized spacial score (nSPS) is 54.7. The number of aliphatic hydroxyl groups excluding tert-OH is 8. The molecule has 16 atom stereocenters. The second-order valence-corrected chi connectivity index (χ2v) is 15.2. The van der Waals surface area contributed by atoms with Crippen LogP contribution in [0, 0.1) is 28.1 Å². The standard InChI is InChI=1S/C32H50O13/c1-15-11-31-9-5-18-29(2,7-4-8-30(18,3)28(41)44-26-24(39)22(37)20(35)16(12-33)42-26)19(31)6-10-32(15,14-31)45-27-25(40)23(38)21(36)17(13-34)43-27/h16-27,33-40H,1,4-14H2,2-3H3/t16-,17-,18-,19-,20-,21-,22+,23+,24-,25-,26+,27+,29-,30-,31-,32+/m1/s1. The molecule has 2 aliphatic heterocycles. The number of ether oxygens (including phenoxy) is 4. The van der Waals surface area contributed by atoms with Crippen molar-refractivity contribution in [1.82, 2.24) is 0 Å². The maximum absolute atomic E-state index is 13.9. The minimum absolute atomic E-state index is 0.0421. The highest BCUT2D eigenvalue weighted by Gasteiger charge is 2.69. The third-order valence-corrected chi connectivity index (χ3v) is 12.9. The van der Waals surface area contributed by atoms with Crippen LogP contribution < -0.4 is 0 Å². The Balaban J connectivity index is 1.20. The van der Waals surface area contributed by atoms with Gasteiger partial charge in [0.25, 0.3) is 0 Å². The molecule has 13 heteroatoms. The first kappa shape index (κ1) is 33.7. The largest absolute Gasteiger partial charge is 0.432 e. The van der Waals surface area contributed by atoms with Crippen molar-refractivity contribution in [3.05, 3.63) is 12.2 Å². The number of fused-ring (bicyclic) bond motifs is 3. The predicted molar refractivity (Wildman–Crippen MR) is 154 cm³/mol. The van der Waals surface area contributed by atoms with Gasteiger partial charge >= 0.3 is 5.97 Å². The van der Waals surface area contributed by atoms with Crippen LogP contribution in [0.2, 0.25) is 0 Å². The number of rotatable bonds is 6. The molecule has 1 spiro atoms. The number of carbonyl (C=O) groups excluding carboxylic acids is 1. The Hall–Kier alpha value is -1.23. The van der Waals surface area contributed by atoms with Crippen LogP contribution >= 0.6 is 0 Å². The molecule has 256 valence electrons. The van der Waals surface area contributed by atoms with Gasteiger partial charge in [0.05, 0.1) is 24.2 Å². The van der Waals surface area contributed by atoms with Crippen molar-refractivity contribution in [1.29, 1.82) is 0 Å². The van der Waals surface area contributed by atoms with Crippen molar-refractivity contribution in [2.24, 2.45) is 28.1 Å². The van der Waals surface area contributed by atoms with Gasteiger partial charge in [-0.2, -0.15) is 0 Å². The van der Waals surface area contributed by atoms with Gasteiger partial charge in [-0.1, -0.05) is 19.9 Å². The third-order valence-electron chi connectivity index (χ3n) is 12.9. The Labute approximate surface area is 262 Å². The molecular weight excluding hydrogens is 592 g/mol. The topological polar surface area (TPSA) is 216 Å². The Kier molecular flexibility index (Phi) is 8.77. The zero-order chi connectivity index (χ0) is 32.7. The summed E-state index contributed by atoms with van der Waals surface area (Å²) in [6, 6.07) is 0. The molecule has 0 unspecified atom stereocenters. The molecule has 6 aliphatic rings. The first-order chi connectivity index (χ1) is 21.2. The van der Waals surface area contributed by atoms with E-state index in [1.807, 2.05) is 6.92 Å². The molecule has 6 rings (SSSR count). The Morgan fingerprint density at radius 1 is 0.800 bits per heavy atom. The van der Waals surface area contributed by atoms with E-state index in [0.29, 0.717) is 25.7 Å². The number of hydrogen-bond donors (Lipinski definition) is 8. The summed E-state index contributed by atoms with van der Waals surface area (Å²) in [5, 5.41) is 81.4. The van der Waals surface area contributed by atoms with E-state index in [1.165, 1.54) is 0 Å². The van der Waals surface area contributed by atoms with Crippen LogP contribution in [0.5, 0.6) is 0 Å². The Morgan fingerprint density at radius 2 is 1.38 bits per heavy atom. The van der Waals surface area contributed by atoms with Crippen LogP contribution in [-0.2, 0) is 23.7 Å². The van der Waals surface area contributed by atoms with Crippen molar-refractivity contribution in [3.63, 3.8) is 0 Å². The fourth-order valence-corrected chi connectivity index (χ4v) is 10.5. The van der Waals surface area contributed by atoms with Crippen molar-refractivity contribution in [3.8, 4) is 0 Å². The van der Waals surface area contributed by atoms with E-state index < -0.39 is 91.6 Å². The van der Waals surface area contributed by atoms with E-state index in [2.05, 4.69) is 13.5 Å². The molecule has 45 heavy (non-hydrogen) atoms. The van der Waals surface area contributed by atoms with Crippen molar-refractivity contribution in [2.75, 3.05) is 13.2 Å². The van der Waals surface area contributed by atoms with Gasteiger partial charge in [0.1, 0.15) is 48.8 Å². The van der Waals surface area contributed by atoms with Gasteiger partial charge < -0.3 is 59.8 Å². The fraction of sp³-hybridized carbons (Fsp3) is 0.906. The Bertz CT molecular complexity index is 1150. The first-order valence-electron chi connectivity index (χ1n) is 16.3. The van der Waals surface area contributed by atoms with E-state index in [4.69, 9.17) is 18.9 Å². The highest BCUT2D eigenvalue weighted by atomic mass is 16.7. The lowest BCUT2D eigenvalue weighted by Crippen LogP contribution is -2.63. The molecule has 2 heterocycles. The lowest BCUT2D eigenvalue weighted by Gasteiger charge is -2.64. The molecule has 2 bridgehead atoms.